The average molecular weight is 460 g/mol. The average Bonchev–Trinajstić information content (AvgIpc) is 3.45. The van der Waals surface area contributed by atoms with Crippen molar-refractivity contribution in [3.63, 3.8) is 0 Å². The lowest BCUT2D eigenvalue weighted by atomic mass is 9.85. The van der Waals surface area contributed by atoms with E-state index in [1.54, 1.807) is 18.2 Å². The molecule has 33 heavy (non-hydrogen) atoms. The van der Waals surface area contributed by atoms with Crippen LogP contribution in [0, 0.1) is 23.4 Å². The number of amides is 1. The zero-order valence-electron chi connectivity index (χ0n) is 19.2. The third kappa shape index (κ3) is 6.60. The molecule has 2 heterocycles. The summed E-state index contributed by atoms with van der Waals surface area (Å²) in [5.41, 5.74) is 1.58. The highest BCUT2D eigenvalue weighted by atomic mass is 19.1. The van der Waals surface area contributed by atoms with Gasteiger partial charge in [0, 0.05) is 23.7 Å². The Morgan fingerprint density at radius 1 is 0.970 bits per heavy atom. The van der Waals surface area contributed by atoms with Crippen LogP contribution in [0.1, 0.15) is 46.0 Å². The topological polar surface area (TPSA) is 56.9 Å². The first-order valence-corrected chi connectivity index (χ1v) is 11.7. The summed E-state index contributed by atoms with van der Waals surface area (Å²) in [6.07, 6.45) is 6.11. The number of carbonyl (C=O) groups excluding carboxylic acids is 1. The summed E-state index contributed by atoms with van der Waals surface area (Å²) < 4.78 is 39.4. The molecular formula is C26H32F3N3O. The van der Waals surface area contributed by atoms with Crippen LogP contribution in [0.2, 0.25) is 0 Å². The molecule has 1 atom stereocenters. The lowest BCUT2D eigenvalue weighted by Gasteiger charge is -2.26. The Kier molecular flexibility index (Phi) is 8.95. The minimum absolute atomic E-state index is 0.0973. The number of rotatable bonds is 4. The molecular weight excluding hydrogens is 427 g/mol. The monoisotopic (exact) mass is 459 g/mol. The Balaban J connectivity index is 0.000000181. The van der Waals surface area contributed by atoms with E-state index in [2.05, 4.69) is 15.6 Å². The van der Waals surface area contributed by atoms with Gasteiger partial charge in [-0.1, -0.05) is 20.3 Å². The number of nitrogens with one attached hydrogen (secondary N) is 3. The zero-order valence-corrected chi connectivity index (χ0v) is 19.2. The van der Waals surface area contributed by atoms with E-state index < -0.39 is 11.6 Å². The summed E-state index contributed by atoms with van der Waals surface area (Å²) in [4.78, 5) is 14.4. The Morgan fingerprint density at radius 3 is 2.30 bits per heavy atom. The van der Waals surface area contributed by atoms with Crippen molar-refractivity contribution < 1.29 is 18.0 Å². The van der Waals surface area contributed by atoms with Gasteiger partial charge in [-0.15, -0.1) is 0 Å². The number of aromatic amines is 1. The minimum atomic E-state index is -0.640. The first-order valence-electron chi connectivity index (χ1n) is 11.7. The molecule has 0 bridgehead atoms. The van der Waals surface area contributed by atoms with Gasteiger partial charge >= 0.3 is 0 Å². The van der Waals surface area contributed by atoms with Gasteiger partial charge in [-0.2, -0.15) is 0 Å². The van der Waals surface area contributed by atoms with Gasteiger partial charge in [-0.3, -0.25) is 4.79 Å². The molecule has 2 aliphatic rings. The van der Waals surface area contributed by atoms with E-state index >= 15 is 0 Å². The molecule has 1 aliphatic carbocycles. The van der Waals surface area contributed by atoms with Crippen molar-refractivity contribution in [3.05, 3.63) is 59.9 Å². The second kappa shape index (κ2) is 11.9. The fourth-order valence-electron chi connectivity index (χ4n) is 3.92. The lowest BCUT2D eigenvalue weighted by Crippen LogP contribution is -2.43. The predicted molar refractivity (Wildman–Crippen MR) is 126 cm³/mol. The highest BCUT2D eigenvalue weighted by Gasteiger charge is 2.23. The fourth-order valence-corrected chi connectivity index (χ4v) is 3.92. The van der Waals surface area contributed by atoms with Gasteiger partial charge < -0.3 is 15.6 Å². The molecule has 2 aromatic carbocycles. The third-order valence-electron chi connectivity index (χ3n) is 5.97. The standard InChI is InChI=1S/C14H8F3N.C10H18N2O.C2H6/c15-10-3-1-8(2-4-10)13-6-9-5-11(16)7-12(17)14(9)18-13;13-10(9-5-2-6-11-9)12-7-8-3-1-4-8;1-2/h1-7,18H;8-9,11H,1-7H2,(H,12,13);1-2H3. The van der Waals surface area contributed by atoms with E-state index in [1.807, 2.05) is 13.8 Å². The molecule has 3 aromatic rings. The molecule has 2 fully saturated rings. The molecule has 178 valence electrons. The van der Waals surface area contributed by atoms with Gasteiger partial charge in [0.15, 0.2) is 0 Å². The number of hydrogen-bond donors (Lipinski definition) is 3. The van der Waals surface area contributed by atoms with Crippen LogP contribution in [-0.2, 0) is 4.79 Å². The molecule has 1 saturated heterocycles. The first kappa shape index (κ1) is 24.8. The van der Waals surface area contributed by atoms with Crippen molar-refractivity contribution in [3.8, 4) is 11.3 Å². The molecule has 1 saturated carbocycles. The Labute approximate surface area is 193 Å². The van der Waals surface area contributed by atoms with Gasteiger partial charge in [0.1, 0.15) is 17.5 Å². The lowest BCUT2D eigenvalue weighted by molar-refractivity contribution is -0.123. The van der Waals surface area contributed by atoms with Gasteiger partial charge in [-0.25, -0.2) is 13.2 Å². The largest absolute Gasteiger partial charge is 0.354 e. The molecule has 0 spiro atoms. The number of hydrogen-bond acceptors (Lipinski definition) is 2. The second-order valence-electron chi connectivity index (χ2n) is 8.23. The van der Waals surface area contributed by atoms with Crippen LogP contribution in [0.3, 0.4) is 0 Å². The van der Waals surface area contributed by atoms with Crippen molar-refractivity contribution in [1.29, 1.82) is 0 Å². The van der Waals surface area contributed by atoms with Crippen LogP contribution in [0.25, 0.3) is 22.2 Å². The second-order valence-corrected chi connectivity index (χ2v) is 8.23. The molecule has 3 N–H and O–H groups in total. The highest BCUT2D eigenvalue weighted by molar-refractivity contribution is 5.86. The molecule has 4 nitrogen and oxygen atoms in total. The molecule has 1 unspecified atom stereocenters. The summed E-state index contributed by atoms with van der Waals surface area (Å²) in [5.74, 6) is -0.621. The van der Waals surface area contributed by atoms with Crippen LogP contribution < -0.4 is 10.6 Å². The van der Waals surface area contributed by atoms with Crippen molar-refractivity contribution in [1.82, 2.24) is 15.6 Å². The quantitative estimate of drug-likeness (QED) is 0.453. The van der Waals surface area contributed by atoms with Crippen molar-refractivity contribution in [2.45, 2.75) is 52.0 Å². The van der Waals surface area contributed by atoms with Crippen LogP contribution in [0.5, 0.6) is 0 Å². The van der Waals surface area contributed by atoms with Gasteiger partial charge in [0.2, 0.25) is 5.91 Å². The minimum Gasteiger partial charge on any atom is -0.354 e. The van der Waals surface area contributed by atoms with E-state index in [-0.39, 0.29) is 23.3 Å². The zero-order chi connectivity index (χ0) is 23.8. The molecule has 1 amide bonds. The SMILES string of the molecule is CC.Fc1ccc(-c2cc3cc(F)cc(F)c3[nH]2)cc1.O=C(NCC1CCC1)C1CCCN1. The summed E-state index contributed by atoms with van der Waals surface area (Å²) in [5, 5.41) is 6.68. The number of H-pyrrole nitrogens is 1. The maximum absolute atomic E-state index is 13.5. The number of aromatic nitrogens is 1. The highest BCUT2D eigenvalue weighted by Crippen LogP contribution is 2.27. The fraction of sp³-hybridized carbons (Fsp3) is 0.423. The Morgan fingerprint density at radius 2 is 1.70 bits per heavy atom. The van der Waals surface area contributed by atoms with Crippen molar-refractivity contribution in [2.75, 3.05) is 13.1 Å². The Bertz CT molecular complexity index is 1040. The van der Waals surface area contributed by atoms with E-state index in [4.69, 9.17) is 0 Å². The van der Waals surface area contributed by atoms with Crippen LogP contribution in [-0.4, -0.2) is 30.0 Å². The molecule has 1 aromatic heterocycles. The van der Waals surface area contributed by atoms with Crippen LogP contribution >= 0.6 is 0 Å². The van der Waals surface area contributed by atoms with Gasteiger partial charge in [0.05, 0.1) is 11.6 Å². The summed E-state index contributed by atoms with van der Waals surface area (Å²) in [7, 11) is 0. The molecule has 7 heteroatoms. The van der Waals surface area contributed by atoms with E-state index in [1.165, 1.54) is 37.5 Å². The number of benzene rings is 2. The number of fused-ring (bicyclic) bond motifs is 1. The molecule has 0 radical (unpaired) electrons. The number of carbonyl (C=O) groups is 1. The smallest absolute Gasteiger partial charge is 0.237 e. The Hall–Kier alpha value is -2.80. The predicted octanol–water partition coefficient (Wildman–Crippen LogP) is 5.93. The van der Waals surface area contributed by atoms with Gasteiger partial charge in [0.25, 0.3) is 0 Å². The molecule has 1 aliphatic heterocycles. The van der Waals surface area contributed by atoms with Gasteiger partial charge in [-0.05, 0) is 80.1 Å². The summed E-state index contributed by atoms with van der Waals surface area (Å²) >= 11 is 0. The van der Waals surface area contributed by atoms with Crippen molar-refractivity contribution in [2.24, 2.45) is 5.92 Å². The van der Waals surface area contributed by atoms with Crippen LogP contribution in [0.15, 0.2) is 42.5 Å². The van der Waals surface area contributed by atoms with E-state index in [9.17, 15) is 18.0 Å². The maximum Gasteiger partial charge on any atom is 0.237 e. The molecule has 5 rings (SSSR count). The van der Waals surface area contributed by atoms with Crippen molar-refractivity contribution >= 4 is 16.8 Å². The van der Waals surface area contributed by atoms with E-state index in [0.29, 0.717) is 16.6 Å². The van der Waals surface area contributed by atoms with E-state index in [0.717, 1.165) is 37.9 Å². The summed E-state index contributed by atoms with van der Waals surface area (Å²) in [6.45, 7) is 5.90. The normalized spacial score (nSPS) is 17.4. The first-order chi connectivity index (χ1) is 16.0. The maximum atomic E-state index is 13.5. The summed E-state index contributed by atoms with van der Waals surface area (Å²) in [6, 6.07) is 9.60. The van der Waals surface area contributed by atoms with Crippen LogP contribution in [0.4, 0.5) is 13.2 Å². The number of halogens is 3. The third-order valence-corrected chi connectivity index (χ3v) is 5.97.